The van der Waals surface area contributed by atoms with Crippen LogP contribution < -0.4 is 19.5 Å². The molecule has 0 saturated carbocycles. The molecule has 1 aromatic rings. The number of nitrogens with zero attached hydrogens (tertiary/aromatic N) is 1. The maximum atomic E-state index is 5.58. The van der Waals surface area contributed by atoms with Gasteiger partial charge in [0.15, 0.2) is 11.5 Å². The number of benzene rings is 1. The van der Waals surface area contributed by atoms with Gasteiger partial charge in [0.1, 0.15) is 5.75 Å². The van der Waals surface area contributed by atoms with Gasteiger partial charge in [-0.3, -0.25) is 4.90 Å². The maximum Gasteiger partial charge on any atom is 0.164 e. The fraction of sp³-hybridized carbons (Fsp3) is 0.625. The molecule has 1 aliphatic heterocycles. The van der Waals surface area contributed by atoms with Crippen LogP contribution in [0.4, 0.5) is 0 Å². The maximum absolute atomic E-state index is 5.58. The molecule has 0 spiro atoms. The third-order valence-corrected chi connectivity index (χ3v) is 4.07. The van der Waals surface area contributed by atoms with Gasteiger partial charge in [-0.05, 0) is 12.5 Å². The van der Waals surface area contributed by atoms with Gasteiger partial charge in [-0.2, -0.15) is 0 Å². The highest BCUT2D eigenvalue weighted by molar-refractivity contribution is 5.51. The Hall–Kier alpha value is -1.46. The number of ether oxygens (including phenoxy) is 3. The number of rotatable bonds is 6. The Bertz CT molecular complexity index is 459. The van der Waals surface area contributed by atoms with Crippen LogP contribution in [0, 0.1) is 0 Å². The molecule has 118 valence electrons. The molecule has 1 saturated heterocycles. The minimum Gasteiger partial charge on any atom is -0.496 e. The molecular weight excluding hydrogens is 268 g/mol. The van der Waals surface area contributed by atoms with E-state index in [-0.39, 0.29) is 0 Å². The molecule has 1 aliphatic rings. The smallest absolute Gasteiger partial charge is 0.164 e. The van der Waals surface area contributed by atoms with Crippen molar-refractivity contribution in [2.75, 3.05) is 47.5 Å². The summed E-state index contributed by atoms with van der Waals surface area (Å²) < 4.78 is 16.4. The number of hydrogen-bond acceptors (Lipinski definition) is 5. The molecular formula is C16H26N2O3. The Balaban J connectivity index is 2.38. The number of piperazine rings is 1. The van der Waals surface area contributed by atoms with Crippen LogP contribution >= 0.6 is 0 Å². The van der Waals surface area contributed by atoms with Gasteiger partial charge in [-0.1, -0.05) is 6.92 Å². The Morgan fingerprint density at radius 2 is 1.57 bits per heavy atom. The van der Waals surface area contributed by atoms with E-state index >= 15 is 0 Å². The summed E-state index contributed by atoms with van der Waals surface area (Å²) >= 11 is 0. The first-order valence-electron chi connectivity index (χ1n) is 7.49. The van der Waals surface area contributed by atoms with Crippen LogP contribution in [0.3, 0.4) is 0 Å². The molecule has 1 aromatic carbocycles. The van der Waals surface area contributed by atoms with E-state index in [1.807, 2.05) is 12.1 Å². The lowest BCUT2D eigenvalue weighted by molar-refractivity contribution is 0.166. The summed E-state index contributed by atoms with van der Waals surface area (Å²) in [5.74, 6) is 2.31. The zero-order chi connectivity index (χ0) is 15.2. The SMILES string of the molecule is CC[C@H](c1cc(OC)c(OC)cc1OC)N1CCNCC1. The first-order valence-corrected chi connectivity index (χ1v) is 7.49. The van der Waals surface area contributed by atoms with E-state index in [0.29, 0.717) is 11.8 Å². The van der Waals surface area contributed by atoms with Gasteiger partial charge in [0.05, 0.1) is 21.3 Å². The van der Waals surface area contributed by atoms with E-state index in [2.05, 4.69) is 17.1 Å². The predicted octanol–water partition coefficient (Wildman–Crippen LogP) is 2.07. The first-order chi connectivity index (χ1) is 10.2. The lowest BCUT2D eigenvalue weighted by Gasteiger charge is -2.35. The van der Waals surface area contributed by atoms with Gasteiger partial charge >= 0.3 is 0 Å². The van der Waals surface area contributed by atoms with Crippen molar-refractivity contribution in [3.05, 3.63) is 17.7 Å². The van der Waals surface area contributed by atoms with Crippen LogP contribution in [-0.2, 0) is 0 Å². The van der Waals surface area contributed by atoms with Gasteiger partial charge in [-0.25, -0.2) is 0 Å². The molecule has 0 amide bonds. The van der Waals surface area contributed by atoms with E-state index in [1.54, 1.807) is 21.3 Å². The molecule has 1 N–H and O–H groups in total. The van der Waals surface area contributed by atoms with Crippen LogP contribution in [0.15, 0.2) is 12.1 Å². The fourth-order valence-corrected chi connectivity index (χ4v) is 2.98. The minimum atomic E-state index is 0.335. The van der Waals surface area contributed by atoms with E-state index in [9.17, 15) is 0 Å². The van der Waals surface area contributed by atoms with Crippen LogP contribution in [-0.4, -0.2) is 52.4 Å². The van der Waals surface area contributed by atoms with Crippen LogP contribution in [0.1, 0.15) is 24.9 Å². The van der Waals surface area contributed by atoms with Gasteiger partial charge in [0, 0.05) is 43.9 Å². The zero-order valence-corrected chi connectivity index (χ0v) is 13.4. The molecule has 0 aliphatic carbocycles. The van der Waals surface area contributed by atoms with Crippen LogP contribution in [0.2, 0.25) is 0 Å². The molecule has 5 nitrogen and oxygen atoms in total. The predicted molar refractivity (Wildman–Crippen MR) is 83.6 cm³/mol. The van der Waals surface area contributed by atoms with Gasteiger partial charge < -0.3 is 19.5 Å². The summed E-state index contributed by atoms with van der Waals surface area (Å²) in [5, 5.41) is 3.40. The molecule has 2 rings (SSSR count). The van der Waals surface area contributed by atoms with Crippen molar-refractivity contribution in [1.29, 1.82) is 0 Å². The zero-order valence-electron chi connectivity index (χ0n) is 13.4. The molecule has 0 radical (unpaired) electrons. The molecule has 0 aromatic heterocycles. The highest BCUT2D eigenvalue weighted by Crippen LogP contribution is 2.40. The average molecular weight is 294 g/mol. The summed E-state index contributed by atoms with van der Waals surface area (Å²) in [6, 6.07) is 4.30. The van der Waals surface area contributed by atoms with E-state index < -0.39 is 0 Å². The topological polar surface area (TPSA) is 43.0 Å². The van der Waals surface area contributed by atoms with Gasteiger partial charge in [0.25, 0.3) is 0 Å². The number of methoxy groups -OCH3 is 3. The minimum absolute atomic E-state index is 0.335. The van der Waals surface area contributed by atoms with Crippen molar-refractivity contribution in [2.45, 2.75) is 19.4 Å². The Morgan fingerprint density at radius 1 is 1.00 bits per heavy atom. The van der Waals surface area contributed by atoms with E-state index in [0.717, 1.165) is 44.1 Å². The number of hydrogen-bond donors (Lipinski definition) is 1. The Labute approximate surface area is 127 Å². The summed E-state index contributed by atoms with van der Waals surface area (Å²) in [7, 11) is 5.01. The molecule has 5 heteroatoms. The van der Waals surface area contributed by atoms with Crippen LogP contribution in [0.25, 0.3) is 0 Å². The molecule has 0 bridgehead atoms. The van der Waals surface area contributed by atoms with Crippen molar-refractivity contribution in [3.8, 4) is 17.2 Å². The molecule has 1 heterocycles. The molecule has 1 fully saturated rings. The third kappa shape index (κ3) is 3.41. The van der Waals surface area contributed by atoms with Crippen molar-refractivity contribution < 1.29 is 14.2 Å². The van der Waals surface area contributed by atoms with E-state index in [1.165, 1.54) is 5.56 Å². The molecule has 1 atom stereocenters. The van der Waals surface area contributed by atoms with Crippen molar-refractivity contribution >= 4 is 0 Å². The van der Waals surface area contributed by atoms with Gasteiger partial charge in [-0.15, -0.1) is 0 Å². The standard InChI is InChI=1S/C16H26N2O3/c1-5-13(18-8-6-17-7-9-18)12-10-15(20-3)16(21-4)11-14(12)19-2/h10-11,13,17H,5-9H2,1-4H3/t13-/m1/s1. The third-order valence-electron chi connectivity index (χ3n) is 4.07. The van der Waals surface area contributed by atoms with Crippen molar-refractivity contribution in [1.82, 2.24) is 10.2 Å². The summed E-state index contributed by atoms with van der Waals surface area (Å²) in [4.78, 5) is 2.50. The second-order valence-corrected chi connectivity index (χ2v) is 5.16. The average Bonchev–Trinajstić information content (AvgIpc) is 2.56. The summed E-state index contributed by atoms with van der Waals surface area (Å²) in [6.45, 7) is 6.38. The second kappa shape index (κ2) is 7.52. The monoisotopic (exact) mass is 294 g/mol. The normalized spacial score (nSPS) is 17.3. The van der Waals surface area contributed by atoms with E-state index in [4.69, 9.17) is 14.2 Å². The first kappa shape index (κ1) is 15.9. The second-order valence-electron chi connectivity index (χ2n) is 5.16. The van der Waals surface area contributed by atoms with Gasteiger partial charge in [0.2, 0.25) is 0 Å². The molecule has 21 heavy (non-hydrogen) atoms. The van der Waals surface area contributed by atoms with Crippen molar-refractivity contribution in [2.24, 2.45) is 0 Å². The van der Waals surface area contributed by atoms with Crippen LogP contribution in [0.5, 0.6) is 17.2 Å². The summed E-state index contributed by atoms with van der Waals surface area (Å²) in [6.07, 6.45) is 1.03. The largest absolute Gasteiger partial charge is 0.496 e. The summed E-state index contributed by atoms with van der Waals surface area (Å²) in [5.41, 5.74) is 1.17. The lowest BCUT2D eigenvalue weighted by Crippen LogP contribution is -2.45. The number of nitrogens with one attached hydrogen (secondary N) is 1. The highest BCUT2D eigenvalue weighted by Gasteiger charge is 2.25. The Morgan fingerprint density at radius 3 is 2.10 bits per heavy atom. The fourth-order valence-electron chi connectivity index (χ4n) is 2.98. The Kier molecular flexibility index (Phi) is 5.70. The highest BCUT2D eigenvalue weighted by atomic mass is 16.5. The molecule has 0 unspecified atom stereocenters. The lowest BCUT2D eigenvalue weighted by atomic mass is 10.00. The van der Waals surface area contributed by atoms with Crippen molar-refractivity contribution in [3.63, 3.8) is 0 Å². The quantitative estimate of drug-likeness (QED) is 0.870.